The number of carbonyl (C=O) groups is 1. The van der Waals surface area contributed by atoms with Gasteiger partial charge in [-0.3, -0.25) is 4.79 Å². The zero-order chi connectivity index (χ0) is 14.4. The molecule has 2 atom stereocenters. The van der Waals surface area contributed by atoms with Gasteiger partial charge in [0, 0.05) is 12.0 Å². The molecular weight excluding hydrogens is 252 g/mol. The Labute approximate surface area is 120 Å². The molecule has 4 nitrogen and oxygen atoms in total. The van der Waals surface area contributed by atoms with Crippen molar-refractivity contribution in [1.29, 1.82) is 0 Å². The predicted octanol–water partition coefficient (Wildman–Crippen LogP) is 2.01. The molecule has 0 heterocycles. The molecule has 1 saturated carbocycles. The van der Waals surface area contributed by atoms with E-state index in [1.807, 2.05) is 31.2 Å². The Balaban J connectivity index is 1.68. The number of rotatable bonds is 5. The van der Waals surface area contributed by atoms with Gasteiger partial charge in [-0.2, -0.15) is 0 Å². The quantitative estimate of drug-likeness (QED) is 0.809. The van der Waals surface area contributed by atoms with Gasteiger partial charge in [0.1, 0.15) is 12.4 Å². The molecule has 1 aliphatic carbocycles. The molecule has 0 aromatic heterocycles. The van der Waals surface area contributed by atoms with Crippen molar-refractivity contribution in [2.24, 2.45) is 11.7 Å². The summed E-state index contributed by atoms with van der Waals surface area (Å²) in [4.78, 5) is 12.0. The third-order valence-corrected chi connectivity index (χ3v) is 3.84. The van der Waals surface area contributed by atoms with Gasteiger partial charge in [-0.15, -0.1) is 0 Å². The lowest BCUT2D eigenvalue weighted by Gasteiger charge is -2.25. The second-order valence-electron chi connectivity index (χ2n) is 5.53. The molecule has 2 unspecified atom stereocenters. The third-order valence-electron chi connectivity index (χ3n) is 3.84. The summed E-state index contributed by atoms with van der Waals surface area (Å²) in [6, 6.07) is 8.07. The van der Waals surface area contributed by atoms with Crippen LogP contribution in [0.2, 0.25) is 0 Å². The van der Waals surface area contributed by atoms with Crippen LogP contribution in [-0.4, -0.2) is 25.1 Å². The van der Waals surface area contributed by atoms with Gasteiger partial charge in [-0.1, -0.05) is 24.6 Å². The molecule has 0 saturated heterocycles. The highest BCUT2D eigenvalue weighted by molar-refractivity contribution is 5.78. The van der Waals surface area contributed by atoms with Crippen LogP contribution in [0.5, 0.6) is 5.75 Å². The number of aryl methyl sites for hydroxylation is 1. The summed E-state index contributed by atoms with van der Waals surface area (Å²) in [7, 11) is 0. The summed E-state index contributed by atoms with van der Waals surface area (Å²) in [5, 5.41) is 2.94. The summed E-state index contributed by atoms with van der Waals surface area (Å²) in [5.41, 5.74) is 7.01. The first-order chi connectivity index (χ1) is 9.66. The highest BCUT2D eigenvalue weighted by Gasteiger charge is 2.24. The monoisotopic (exact) mass is 276 g/mol. The van der Waals surface area contributed by atoms with E-state index in [0.29, 0.717) is 13.2 Å². The molecule has 110 valence electrons. The number of hydrogen-bond acceptors (Lipinski definition) is 3. The van der Waals surface area contributed by atoms with Gasteiger partial charge >= 0.3 is 0 Å². The van der Waals surface area contributed by atoms with E-state index in [1.54, 1.807) is 0 Å². The average molecular weight is 276 g/mol. The van der Waals surface area contributed by atoms with Crippen molar-refractivity contribution in [2.45, 2.75) is 38.6 Å². The van der Waals surface area contributed by atoms with Crippen LogP contribution in [0.1, 0.15) is 31.2 Å². The fraction of sp³-hybridized carbons (Fsp3) is 0.562. The molecule has 2 rings (SSSR count). The first-order valence-corrected chi connectivity index (χ1v) is 7.38. The number of nitrogens with one attached hydrogen (secondary N) is 1. The van der Waals surface area contributed by atoms with Gasteiger partial charge in [0.2, 0.25) is 5.91 Å². The van der Waals surface area contributed by atoms with E-state index in [1.165, 1.54) is 0 Å². The molecule has 1 aromatic carbocycles. The van der Waals surface area contributed by atoms with Crippen LogP contribution in [0.25, 0.3) is 0 Å². The fourth-order valence-corrected chi connectivity index (χ4v) is 2.66. The molecule has 1 amide bonds. The predicted molar refractivity (Wildman–Crippen MR) is 79.6 cm³/mol. The molecule has 1 aliphatic rings. The van der Waals surface area contributed by atoms with Crippen LogP contribution in [0.3, 0.4) is 0 Å². The maximum absolute atomic E-state index is 12.0. The van der Waals surface area contributed by atoms with Crippen LogP contribution >= 0.6 is 0 Å². The van der Waals surface area contributed by atoms with E-state index in [4.69, 9.17) is 10.5 Å². The van der Waals surface area contributed by atoms with Crippen LogP contribution < -0.4 is 15.8 Å². The number of ether oxygens (including phenoxy) is 1. The summed E-state index contributed by atoms with van der Waals surface area (Å²) < 4.78 is 5.66. The normalized spacial score (nSPS) is 22.3. The van der Waals surface area contributed by atoms with Crippen molar-refractivity contribution >= 4 is 5.91 Å². The van der Waals surface area contributed by atoms with Crippen LogP contribution in [0, 0.1) is 12.8 Å². The summed E-state index contributed by atoms with van der Waals surface area (Å²) >= 11 is 0. The zero-order valence-corrected chi connectivity index (χ0v) is 12.1. The number of amides is 1. The summed E-state index contributed by atoms with van der Waals surface area (Å²) in [6.45, 7) is 3.05. The van der Waals surface area contributed by atoms with E-state index in [9.17, 15) is 4.79 Å². The standard InChI is InChI=1S/C16H24N2O2/c1-12-5-2-3-8-15(12)20-10-9-18-16(19)13-6-4-7-14(17)11-13/h2-3,5,8,13-14H,4,6-7,9-11,17H2,1H3,(H,18,19). The molecule has 4 heteroatoms. The van der Waals surface area contributed by atoms with Crippen molar-refractivity contribution in [3.05, 3.63) is 29.8 Å². The van der Waals surface area contributed by atoms with Crippen molar-refractivity contribution in [3.8, 4) is 5.75 Å². The zero-order valence-electron chi connectivity index (χ0n) is 12.1. The molecule has 0 aliphatic heterocycles. The minimum atomic E-state index is 0.0808. The largest absolute Gasteiger partial charge is 0.491 e. The number of para-hydroxylation sites is 1. The maximum atomic E-state index is 12.0. The average Bonchev–Trinajstić information content (AvgIpc) is 2.45. The number of carbonyl (C=O) groups excluding carboxylic acids is 1. The van der Waals surface area contributed by atoms with Gasteiger partial charge in [-0.05, 0) is 37.8 Å². The van der Waals surface area contributed by atoms with E-state index < -0.39 is 0 Å². The second kappa shape index (κ2) is 7.29. The second-order valence-corrected chi connectivity index (χ2v) is 5.53. The Hall–Kier alpha value is -1.55. The first-order valence-electron chi connectivity index (χ1n) is 7.38. The third kappa shape index (κ3) is 4.23. The van der Waals surface area contributed by atoms with E-state index >= 15 is 0 Å². The van der Waals surface area contributed by atoms with Crippen molar-refractivity contribution < 1.29 is 9.53 Å². The number of nitrogens with two attached hydrogens (primary N) is 1. The minimum absolute atomic E-state index is 0.0808. The van der Waals surface area contributed by atoms with Gasteiger partial charge < -0.3 is 15.8 Å². The summed E-state index contributed by atoms with van der Waals surface area (Å²) in [6.07, 6.45) is 3.86. The Morgan fingerprint density at radius 1 is 1.40 bits per heavy atom. The Bertz CT molecular complexity index is 448. The SMILES string of the molecule is Cc1ccccc1OCCNC(=O)C1CCCC(N)C1. The Morgan fingerprint density at radius 3 is 2.95 bits per heavy atom. The van der Waals surface area contributed by atoms with E-state index in [-0.39, 0.29) is 17.9 Å². The smallest absolute Gasteiger partial charge is 0.223 e. The molecule has 0 radical (unpaired) electrons. The van der Waals surface area contributed by atoms with Gasteiger partial charge in [0.25, 0.3) is 0 Å². The Kier molecular flexibility index (Phi) is 5.41. The fourth-order valence-electron chi connectivity index (χ4n) is 2.66. The number of benzene rings is 1. The molecule has 1 aromatic rings. The van der Waals surface area contributed by atoms with Crippen molar-refractivity contribution in [3.63, 3.8) is 0 Å². The maximum Gasteiger partial charge on any atom is 0.223 e. The van der Waals surface area contributed by atoms with E-state index in [0.717, 1.165) is 37.0 Å². The molecule has 3 N–H and O–H groups in total. The van der Waals surface area contributed by atoms with Crippen molar-refractivity contribution in [1.82, 2.24) is 5.32 Å². The van der Waals surface area contributed by atoms with Crippen molar-refractivity contribution in [2.75, 3.05) is 13.2 Å². The van der Waals surface area contributed by atoms with Crippen LogP contribution in [-0.2, 0) is 4.79 Å². The lowest BCUT2D eigenvalue weighted by Crippen LogP contribution is -2.39. The van der Waals surface area contributed by atoms with Gasteiger partial charge in [0.05, 0.1) is 6.54 Å². The highest BCUT2D eigenvalue weighted by Crippen LogP contribution is 2.23. The van der Waals surface area contributed by atoms with Crippen LogP contribution in [0.4, 0.5) is 0 Å². The molecular formula is C16H24N2O2. The number of hydrogen-bond donors (Lipinski definition) is 2. The lowest BCUT2D eigenvalue weighted by atomic mass is 9.85. The van der Waals surface area contributed by atoms with Crippen LogP contribution in [0.15, 0.2) is 24.3 Å². The molecule has 0 spiro atoms. The molecule has 20 heavy (non-hydrogen) atoms. The van der Waals surface area contributed by atoms with Gasteiger partial charge in [-0.25, -0.2) is 0 Å². The lowest BCUT2D eigenvalue weighted by molar-refractivity contribution is -0.126. The first kappa shape index (κ1) is 14.9. The highest BCUT2D eigenvalue weighted by atomic mass is 16.5. The van der Waals surface area contributed by atoms with E-state index in [2.05, 4.69) is 5.32 Å². The molecule has 1 fully saturated rings. The van der Waals surface area contributed by atoms with Gasteiger partial charge in [0.15, 0.2) is 0 Å². The summed E-state index contributed by atoms with van der Waals surface area (Å²) in [5.74, 6) is 1.08. The Morgan fingerprint density at radius 2 is 2.20 bits per heavy atom. The topological polar surface area (TPSA) is 64.3 Å². The molecule has 0 bridgehead atoms. The minimum Gasteiger partial charge on any atom is -0.491 e.